The lowest BCUT2D eigenvalue weighted by Crippen LogP contribution is -2.24. The molecule has 1 aromatic rings. The molecule has 23 heavy (non-hydrogen) atoms. The second kappa shape index (κ2) is 7.87. The van der Waals surface area contributed by atoms with Gasteiger partial charge in [0.2, 0.25) is 0 Å². The molecule has 0 bridgehead atoms. The first-order chi connectivity index (χ1) is 11.0. The first kappa shape index (κ1) is 17.1. The van der Waals surface area contributed by atoms with Crippen LogP contribution in [0.15, 0.2) is 24.3 Å². The summed E-state index contributed by atoms with van der Waals surface area (Å²) in [6.45, 7) is -0.0214. The van der Waals surface area contributed by atoms with E-state index in [1.54, 1.807) is 0 Å². The molecule has 1 saturated heterocycles. The van der Waals surface area contributed by atoms with E-state index in [4.69, 9.17) is 5.11 Å². The standard InChI is InChI=1S/C17H20O6/c1-22-15(19)8-13(6-7-18)11-2-4-12(5-3-11)14-9-16(20)23-17(21)10-14/h2-5,13-14,18H,6-10H2,1H3. The molecule has 1 aliphatic rings. The van der Waals surface area contributed by atoms with Crippen LogP contribution >= 0.6 is 0 Å². The van der Waals surface area contributed by atoms with Gasteiger partial charge in [-0.3, -0.25) is 14.4 Å². The lowest BCUT2D eigenvalue weighted by Gasteiger charge is -2.21. The van der Waals surface area contributed by atoms with Crippen molar-refractivity contribution in [2.75, 3.05) is 13.7 Å². The lowest BCUT2D eigenvalue weighted by molar-refractivity contribution is -0.164. The number of hydrogen-bond donors (Lipinski definition) is 1. The molecule has 1 aromatic carbocycles. The average Bonchev–Trinajstić information content (AvgIpc) is 2.53. The van der Waals surface area contributed by atoms with Crippen molar-refractivity contribution in [2.24, 2.45) is 0 Å². The summed E-state index contributed by atoms with van der Waals surface area (Å²) in [5, 5.41) is 9.16. The van der Waals surface area contributed by atoms with Gasteiger partial charge >= 0.3 is 17.9 Å². The zero-order valence-corrected chi connectivity index (χ0v) is 13.0. The summed E-state index contributed by atoms with van der Waals surface area (Å²) in [5.41, 5.74) is 1.80. The monoisotopic (exact) mass is 320 g/mol. The van der Waals surface area contributed by atoms with E-state index in [1.807, 2.05) is 24.3 Å². The van der Waals surface area contributed by atoms with Crippen LogP contribution in [0.2, 0.25) is 0 Å². The zero-order valence-electron chi connectivity index (χ0n) is 13.0. The van der Waals surface area contributed by atoms with Crippen LogP contribution in [0, 0.1) is 0 Å². The molecule has 1 fully saturated rings. The van der Waals surface area contributed by atoms with Gasteiger partial charge in [-0.25, -0.2) is 0 Å². The number of aliphatic hydroxyl groups is 1. The van der Waals surface area contributed by atoms with Crippen LogP contribution in [0.3, 0.4) is 0 Å². The summed E-state index contributed by atoms with van der Waals surface area (Å²) in [6, 6.07) is 7.44. The van der Waals surface area contributed by atoms with Gasteiger partial charge in [0.25, 0.3) is 0 Å². The van der Waals surface area contributed by atoms with Gasteiger partial charge in [-0.15, -0.1) is 0 Å². The van der Waals surface area contributed by atoms with Gasteiger partial charge in [0, 0.05) is 12.5 Å². The predicted octanol–water partition coefficient (Wildman–Crippen LogP) is 1.66. The molecule has 0 aliphatic carbocycles. The van der Waals surface area contributed by atoms with Gasteiger partial charge in [-0.05, 0) is 23.5 Å². The van der Waals surface area contributed by atoms with E-state index in [0.29, 0.717) is 6.42 Å². The molecule has 1 N–H and O–H groups in total. The first-order valence-corrected chi connectivity index (χ1v) is 7.54. The Hall–Kier alpha value is -2.21. The maximum Gasteiger partial charge on any atom is 0.314 e. The van der Waals surface area contributed by atoms with Gasteiger partial charge in [0.15, 0.2) is 0 Å². The number of aliphatic hydroxyl groups excluding tert-OH is 1. The summed E-state index contributed by atoms with van der Waals surface area (Å²) in [4.78, 5) is 34.2. The highest BCUT2D eigenvalue weighted by Crippen LogP contribution is 2.30. The SMILES string of the molecule is COC(=O)CC(CCO)c1ccc(C2CC(=O)OC(=O)C2)cc1. The maximum absolute atomic E-state index is 11.5. The molecular formula is C17H20O6. The van der Waals surface area contributed by atoms with Crippen LogP contribution in [-0.4, -0.2) is 36.7 Å². The van der Waals surface area contributed by atoms with Gasteiger partial charge in [-0.2, -0.15) is 0 Å². The molecule has 1 atom stereocenters. The molecule has 6 nitrogen and oxygen atoms in total. The van der Waals surface area contributed by atoms with Crippen LogP contribution in [0.25, 0.3) is 0 Å². The molecule has 1 heterocycles. The first-order valence-electron chi connectivity index (χ1n) is 7.54. The maximum atomic E-state index is 11.5. The van der Waals surface area contributed by atoms with Crippen LogP contribution in [-0.2, 0) is 23.9 Å². The predicted molar refractivity (Wildman–Crippen MR) is 80.6 cm³/mol. The Morgan fingerprint density at radius 3 is 2.39 bits per heavy atom. The number of esters is 3. The molecule has 0 radical (unpaired) electrons. The quantitative estimate of drug-likeness (QED) is 0.633. The highest BCUT2D eigenvalue weighted by atomic mass is 16.6. The Bertz CT molecular complexity index is 561. The summed E-state index contributed by atoms with van der Waals surface area (Å²) in [7, 11) is 1.33. The Morgan fingerprint density at radius 2 is 1.87 bits per heavy atom. The number of carbonyl (C=O) groups excluding carboxylic acids is 3. The fourth-order valence-electron chi connectivity index (χ4n) is 2.79. The molecule has 0 saturated carbocycles. The summed E-state index contributed by atoms with van der Waals surface area (Å²) >= 11 is 0. The van der Waals surface area contributed by atoms with Crippen molar-refractivity contribution < 1.29 is 29.0 Å². The van der Waals surface area contributed by atoms with Gasteiger partial charge in [0.1, 0.15) is 0 Å². The molecule has 6 heteroatoms. The minimum Gasteiger partial charge on any atom is -0.469 e. The topological polar surface area (TPSA) is 89.9 Å². The number of hydrogen-bond acceptors (Lipinski definition) is 6. The van der Waals surface area contributed by atoms with Crippen molar-refractivity contribution in [1.82, 2.24) is 0 Å². The van der Waals surface area contributed by atoms with E-state index >= 15 is 0 Å². The Kier molecular flexibility index (Phi) is 5.87. The fourth-order valence-corrected chi connectivity index (χ4v) is 2.79. The number of rotatable bonds is 6. The third-order valence-electron chi connectivity index (χ3n) is 4.05. The smallest absolute Gasteiger partial charge is 0.314 e. The van der Waals surface area contributed by atoms with Crippen molar-refractivity contribution >= 4 is 17.9 Å². The van der Waals surface area contributed by atoms with Crippen molar-refractivity contribution in [1.29, 1.82) is 0 Å². The third-order valence-corrected chi connectivity index (χ3v) is 4.05. The van der Waals surface area contributed by atoms with E-state index < -0.39 is 11.9 Å². The highest BCUT2D eigenvalue weighted by molar-refractivity contribution is 5.89. The molecule has 0 aromatic heterocycles. The summed E-state index contributed by atoms with van der Waals surface area (Å²) in [5.74, 6) is -1.62. The van der Waals surface area contributed by atoms with Gasteiger partial charge in [0.05, 0.1) is 26.4 Å². The van der Waals surface area contributed by atoms with Gasteiger partial charge < -0.3 is 14.6 Å². The summed E-state index contributed by atoms with van der Waals surface area (Å²) in [6.07, 6.45) is 1.04. The number of ether oxygens (including phenoxy) is 2. The lowest BCUT2D eigenvalue weighted by atomic mass is 9.87. The van der Waals surface area contributed by atoms with E-state index in [0.717, 1.165) is 11.1 Å². The van der Waals surface area contributed by atoms with Gasteiger partial charge in [-0.1, -0.05) is 24.3 Å². The largest absolute Gasteiger partial charge is 0.469 e. The third kappa shape index (κ3) is 4.63. The van der Waals surface area contributed by atoms with Crippen LogP contribution in [0.1, 0.15) is 48.6 Å². The second-order valence-corrected chi connectivity index (χ2v) is 5.61. The van der Waals surface area contributed by atoms with E-state index in [9.17, 15) is 14.4 Å². The minimum absolute atomic E-state index is 0.0214. The minimum atomic E-state index is -0.501. The molecule has 124 valence electrons. The molecular weight excluding hydrogens is 300 g/mol. The van der Waals surface area contributed by atoms with Crippen LogP contribution < -0.4 is 0 Å². The molecule has 1 unspecified atom stereocenters. The number of benzene rings is 1. The second-order valence-electron chi connectivity index (χ2n) is 5.61. The zero-order chi connectivity index (χ0) is 16.8. The molecule has 0 spiro atoms. The van der Waals surface area contributed by atoms with E-state index in [-0.39, 0.29) is 43.7 Å². The van der Waals surface area contributed by atoms with Crippen molar-refractivity contribution in [2.45, 2.75) is 37.5 Å². The average molecular weight is 320 g/mol. The fraction of sp³-hybridized carbons (Fsp3) is 0.471. The number of methoxy groups -OCH3 is 1. The van der Waals surface area contributed by atoms with Crippen molar-refractivity contribution in [3.05, 3.63) is 35.4 Å². The van der Waals surface area contributed by atoms with Crippen LogP contribution in [0.5, 0.6) is 0 Å². The molecule has 1 aliphatic heterocycles. The molecule has 0 amide bonds. The van der Waals surface area contributed by atoms with E-state index in [1.165, 1.54) is 7.11 Å². The van der Waals surface area contributed by atoms with Crippen LogP contribution in [0.4, 0.5) is 0 Å². The summed E-state index contributed by atoms with van der Waals surface area (Å²) < 4.78 is 9.21. The Morgan fingerprint density at radius 1 is 1.26 bits per heavy atom. The normalized spacial score (nSPS) is 16.8. The van der Waals surface area contributed by atoms with E-state index in [2.05, 4.69) is 9.47 Å². The number of carbonyl (C=O) groups is 3. The Balaban J connectivity index is 2.11. The number of cyclic esters (lactones) is 2. The van der Waals surface area contributed by atoms with Crippen molar-refractivity contribution in [3.8, 4) is 0 Å². The van der Waals surface area contributed by atoms with Crippen molar-refractivity contribution in [3.63, 3.8) is 0 Å². The molecule has 2 rings (SSSR count). The highest BCUT2D eigenvalue weighted by Gasteiger charge is 2.28. The Labute approximate surface area is 134 Å².